The summed E-state index contributed by atoms with van der Waals surface area (Å²) < 4.78 is 27.7. The molecule has 1 aromatic carbocycles. The zero-order valence-corrected chi connectivity index (χ0v) is 12.1. The Labute approximate surface area is 118 Å². The number of aryl methyl sites for hydroxylation is 1. The topological polar surface area (TPSA) is 98.2 Å². The molecule has 1 unspecified atom stereocenters. The molecule has 0 radical (unpaired) electrons. The lowest BCUT2D eigenvalue weighted by Gasteiger charge is -2.13. The van der Waals surface area contributed by atoms with Crippen molar-refractivity contribution < 1.29 is 12.8 Å². The van der Waals surface area contributed by atoms with Crippen LogP contribution in [0.5, 0.6) is 0 Å². The Morgan fingerprint density at radius 1 is 1.35 bits per heavy atom. The van der Waals surface area contributed by atoms with E-state index in [4.69, 9.17) is 9.56 Å². The molecule has 1 atom stereocenters. The highest BCUT2D eigenvalue weighted by molar-refractivity contribution is 7.89. The van der Waals surface area contributed by atoms with Crippen molar-refractivity contribution in [1.82, 2.24) is 10.3 Å². The number of hydrogen-bond donors (Lipinski definition) is 2. The van der Waals surface area contributed by atoms with Gasteiger partial charge in [-0.3, -0.25) is 0 Å². The quantitative estimate of drug-likeness (QED) is 0.870. The van der Waals surface area contributed by atoms with Crippen LogP contribution < -0.4 is 10.5 Å². The zero-order valence-electron chi connectivity index (χ0n) is 11.3. The number of sulfonamides is 1. The largest absolute Gasteiger partial charge is 0.445 e. The number of benzene rings is 1. The highest BCUT2D eigenvalue weighted by Crippen LogP contribution is 2.16. The maximum atomic E-state index is 11.2. The predicted molar refractivity (Wildman–Crippen MR) is 74.3 cm³/mol. The summed E-state index contributed by atoms with van der Waals surface area (Å²) in [7, 11) is -3.64. The van der Waals surface area contributed by atoms with Gasteiger partial charge in [0.05, 0.1) is 17.6 Å². The van der Waals surface area contributed by atoms with Crippen LogP contribution in [0.1, 0.15) is 30.2 Å². The average Bonchev–Trinajstić information content (AvgIpc) is 2.81. The third-order valence-corrected chi connectivity index (χ3v) is 3.87. The van der Waals surface area contributed by atoms with E-state index in [-0.39, 0.29) is 10.9 Å². The number of nitrogens with zero attached hydrogens (tertiary/aromatic N) is 1. The molecule has 0 saturated carbocycles. The van der Waals surface area contributed by atoms with Crippen molar-refractivity contribution >= 4 is 10.0 Å². The summed E-state index contributed by atoms with van der Waals surface area (Å²) in [5.74, 6) is 1.39. The molecule has 0 spiro atoms. The van der Waals surface area contributed by atoms with Crippen LogP contribution in [0.4, 0.5) is 0 Å². The molecule has 3 N–H and O–H groups in total. The Hall–Kier alpha value is -1.70. The molecule has 1 aromatic heterocycles. The SMILES string of the molecule is Cc1cnc(CNC(C)c2ccc(S(N)(=O)=O)cc2)o1. The third kappa shape index (κ3) is 3.66. The molecule has 7 heteroatoms. The maximum Gasteiger partial charge on any atom is 0.238 e. The van der Waals surface area contributed by atoms with Gasteiger partial charge in [-0.2, -0.15) is 0 Å². The Balaban J connectivity index is 2.00. The monoisotopic (exact) mass is 295 g/mol. The van der Waals surface area contributed by atoms with Gasteiger partial charge in [0.1, 0.15) is 5.76 Å². The van der Waals surface area contributed by atoms with Crippen LogP contribution >= 0.6 is 0 Å². The number of nitrogens with two attached hydrogens (primary N) is 1. The minimum Gasteiger partial charge on any atom is -0.445 e. The Morgan fingerprint density at radius 2 is 2.00 bits per heavy atom. The standard InChI is InChI=1S/C13H17N3O3S/c1-9-7-16-13(19-9)8-15-10(2)11-3-5-12(6-4-11)20(14,17)18/h3-7,10,15H,8H2,1-2H3,(H2,14,17,18). The molecular weight excluding hydrogens is 278 g/mol. The Bertz CT molecular complexity index is 677. The highest BCUT2D eigenvalue weighted by atomic mass is 32.2. The van der Waals surface area contributed by atoms with Crippen LogP contribution in [-0.4, -0.2) is 13.4 Å². The molecule has 0 aliphatic heterocycles. The molecule has 108 valence electrons. The first-order chi connectivity index (χ1) is 9.36. The lowest BCUT2D eigenvalue weighted by Crippen LogP contribution is -2.18. The summed E-state index contributed by atoms with van der Waals surface area (Å²) >= 11 is 0. The van der Waals surface area contributed by atoms with Gasteiger partial charge in [0.25, 0.3) is 0 Å². The molecule has 0 aliphatic rings. The second-order valence-electron chi connectivity index (χ2n) is 4.58. The molecule has 2 aromatic rings. The number of hydrogen-bond acceptors (Lipinski definition) is 5. The third-order valence-electron chi connectivity index (χ3n) is 2.94. The molecule has 1 heterocycles. The molecule has 2 rings (SSSR count). The molecule has 0 fully saturated rings. The van der Waals surface area contributed by atoms with E-state index in [1.807, 2.05) is 13.8 Å². The molecule has 6 nitrogen and oxygen atoms in total. The van der Waals surface area contributed by atoms with Gasteiger partial charge in [0, 0.05) is 6.04 Å². The second kappa shape index (κ2) is 5.74. The molecule has 0 saturated heterocycles. The summed E-state index contributed by atoms with van der Waals surface area (Å²) in [5.41, 5.74) is 0.959. The summed E-state index contributed by atoms with van der Waals surface area (Å²) in [6.07, 6.45) is 1.67. The molecule has 0 amide bonds. The normalized spacial score (nSPS) is 13.3. The van der Waals surface area contributed by atoms with E-state index in [1.165, 1.54) is 12.1 Å². The summed E-state index contributed by atoms with van der Waals surface area (Å²) in [6.45, 7) is 4.32. The van der Waals surface area contributed by atoms with Gasteiger partial charge in [-0.05, 0) is 31.5 Å². The highest BCUT2D eigenvalue weighted by Gasteiger charge is 2.10. The van der Waals surface area contributed by atoms with Crippen LogP contribution in [0.2, 0.25) is 0 Å². The lowest BCUT2D eigenvalue weighted by molar-refractivity contribution is 0.432. The van der Waals surface area contributed by atoms with Crippen LogP contribution in [-0.2, 0) is 16.6 Å². The minimum atomic E-state index is -3.64. The van der Waals surface area contributed by atoms with Crippen molar-refractivity contribution in [2.75, 3.05) is 0 Å². The van der Waals surface area contributed by atoms with Gasteiger partial charge >= 0.3 is 0 Å². The summed E-state index contributed by atoms with van der Waals surface area (Å²) in [5, 5.41) is 8.31. The fourth-order valence-electron chi connectivity index (χ4n) is 1.79. The Kier molecular flexibility index (Phi) is 4.22. The van der Waals surface area contributed by atoms with E-state index < -0.39 is 10.0 Å². The van der Waals surface area contributed by atoms with Crippen LogP contribution in [0.3, 0.4) is 0 Å². The van der Waals surface area contributed by atoms with Crippen molar-refractivity contribution in [2.24, 2.45) is 5.14 Å². The van der Waals surface area contributed by atoms with E-state index in [0.717, 1.165) is 11.3 Å². The smallest absolute Gasteiger partial charge is 0.238 e. The number of oxazole rings is 1. The van der Waals surface area contributed by atoms with Crippen molar-refractivity contribution in [1.29, 1.82) is 0 Å². The second-order valence-corrected chi connectivity index (χ2v) is 6.14. The van der Waals surface area contributed by atoms with Crippen molar-refractivity contribution in [3.8, 4) is 0 Å². The molecule has 0 aliphatic carbocycles. The van der Waals surface area contributed by atoms with Crippen molar-refractivity contribution in [3.05, 3.63) is 47.7 Å². The van der Waals surface area contributed by atoms with Crippen molar-refractivity contribution in [2.45, 2.75) is 31.3 Å². The molecular formula is C13H17N3O3S. The van der Waals surface area contributed by atoms with E-state index in [9.17, 15) is 8.42 Å². The van der Waals surface area contributed by atoms with E-state index in [2.05, 4.69) is 10.3 Å². The van der Waals surface area contributed by atoms with Gasteiger partial charge in [0.15, 0.2) is 0 Å². The first kappa shape index (κ1) is 14.7. The van der Waals surface area contributed by atoms with Crippen LogP contribution in [0, 0.1) is 6.92 Å². The van der Waals surface area contributed by atoms with Crippen LogP contribution in [0.15, 0.2) is 39.8 Å². The first-order valence-corrected chi connectivity index (χ1v) is 7.68. The number of rotatable bonds is 5. The maximum absolute atomic E-state index is 11.2. The molecule has 0 bridgehead atoms. The zero-order chi connectivity index (χ0) is 14.8. The number of primary sulfonamides is 1. The minimum absolute atomic E-state index is 0.0386. The Morgan fingerprint density at radius 3 is 2.50 bits per heavy atom. The first-order valence-electron chi connectivity index (χ1n) is 6.14. The van der Waals surface area contributed by atoms with E-state index >= 15 is 0 Å². The molecule has 20 heavy (non-hydrogen) atoms. The predicted octanol–water partition coefficient (Wildman–Crippen LogP) is 1.48. The number of nitrogens with one attached hydrogen (secondary N) is 1. The fraction of sp³-hybridized carbons (Fsp3) is 0.308. The average molecular weight is 295 g/mol. The fourth-order valence-corrected chi connectivity index (χ4v) is 2.30. The van der Waals surface area contributed by atoms with Crippen LogP contribution in [0.25, 0.3) is 0 Å². The lowest BCUT2D eigenvalue weighted by atomic mass is 10.1. The van der Waals surface area contributed by atoms with Crippen molar-refractivity contribution in [3.63, 3.8) is 0 Å². The van der Waals surface area contributed by atoms with Gasteiger partial charge < -0.3 is 9.73 Å². The number of aromatic nitrogens is 1. The summed E-state index contributed by atoms with van der Waals surface area (Å²) in [4.78, 5) is 4.21. The van der Waals surface area contributed by atoms with E-state index in [1.54, 1.807) is 18.3 Å². The van der Waals surface area contributed by atoms with Gasteiger partial charge in [-0.1, -0.05) is 12.1 Å². The van der Waals surface area contributed by atoms with Gasteiger partial charge in [-0.15, -0.1) is 0 Å². The van der Waals surface area contributed by atoms with E-state index in [0.29, 0.717) is 12.4 Å². The summed E-state index contributed by atoms with van der Waals surface area (Å²) in [6, 6.07) is 6.50. The van der Waals surface area contributed by atoms with Gasteiger partial charge in [-0.25, -0.2) is 18.5 Å². The van der Waals surface area contributed by atoms with Gasteiger partial charge in [0.2, 0.25) is 15.9 Å².